The summed E-state index contributed by atoms with van der Waals surface area (Å²) in [5, 5.41) is 4.35. The van der Waals surface area contributed by atoms with Gasteiger partial charge in [-0.15, -0.1) is 0 Å². The monoisotopic (exact) mass is 418 g/mol. The number of hydrogen-bond donors (Lipinski definition) is 1. The summed E-state index contributed by atoms with van der Waals surface area (Å²) in [6.45, 7) is 5.61. The third kappa shape index (κ3) is 4.21. The van der Waals surface area contributed by atoms with Gasteiger partial charge < -0.3 is 19.2 Å². The molecule has 0 spiro atoms. The molecular formula is C25H30N4O2. The van der Waals surface area contributed by atoms with Crippen LogP contribution < -0.4 is 5.32 Å². The molecule has 2 aromatic heterocycles. The van der Waals surface area contributed by atoms with Crippen molar-refractivity contribution < 1.29 is 9.53 Å². The molecule has 2 aromatic carbocycles. The van der Waals surface area contributed by atoms with Crippen molar-refractivity contribution in [2.45, 2.75) is 32.9 Å². The van der Waals surface area contributed by atoms with Crippen LogP contribution in [-0.4, -0.2) is 33.7 Å². The number of nitrogens with zero attached hydrogens (tertiary/aromatic N) is 3. The molecule has 1 atom stereocenters. The van der Waals surface area contributed by atoms with Crippen LogP contribution in [-0.2, 0) is 29.5 Å². The van der Waals surface area contributed by atoms with Crippen LogP contribution in [0.1, 0.15) is 31.3 Å². The number of nitrogens with one attached hydrogen (secondary N) is 1. The number of hydrogen-bond acceptors (Lipinski definition) is 3. The summed E-state index contributed by atoms with van der Waals surface area (Å²) < 4.78 is 9.48. The van der Waals surface area contributed by atoms with Gasteiger partial charge >= 0.3 is 0 Å². The summed E-state index contributed by atoms with van der Waals surface area (Å²) in [6.07, 6.45) is 2.40. The quantitative estimate of drug-likeness (QED) is 0.466. The van der Waals surface area contributed by atoms with Crippen molar-refractivity contribution in [3.05, 3.63) is 66.1 Å². The topological polar surface area (TPSA) is 61.1 Å². The number of carbonyl (C=O) groups excluding carboxylic acids is 1. The average Bonchev–Trinajstić information content (AvgIpc) is 3.28. The molecule has 0 aliphatic carbocycles. The summed E-state index contributed by atoms with van der Waals surface area (Å²) in [7, 11) is 3.71. The van der Waals surface area contributed by atoms with E-state index in [2.05, 4.69) is 52.7 Å². The Morgan fingerprint density at radius 1 is 1.10 bits per heavy atom. The molecule has 0 saturated heterocycles. The largest absolute Gasteiger partial charge is 0.383 e. The first-order valence-corrected chi connectivity index (χ1v) is 10.8. The Balaban J connectivity index is 1.59. The van der Waals surface area contributed by atoms with Crippen molar-refractivity contribution in [3.8, 4) is 0 Å². The number of para-hydroxylation sites is 3. The number of aryl methyl sites for hydroxylation is 1. The van der Waals surface area contributed by atoms with Crippen LogP contribution >= 0.6 is 0 Å². The zero-order chi connectivity index (χ0) is 22.0. The number of amides is 1. The fourth-order valence-corrected chi connectivity index (χ4v) is 4.21. The molecule has 4 aromatic rings. The molecule has 2 heterocycles. The smallest absolute Gasteiger partial charge is 0.225 e. The van der Waals surface area contributed by atoms with E-state index in [0.717, 1.165) is 39.9 Å². The maximum Gasteiger partial charge on any atom is 0.225 e. The Morgan fingerprint density at radius 3 is 2.52 bits per heavy atom. The predicted molar refractivity (Wildman–Crippen MR) is 124 cm³/mol. The molecule has 162 valence electrons. The predicted octanol–water partition coefficient (Wildman–Crippen LogP) is 4.23. The average molecular weight is 419 g/mol. The number of methoxy groups -OCH3 is 1. The van der Waals surface area contributed by atoms with Gasteiger partial charge in [-0.25, -0.2) is 4.98 Å². The van der Waals surface area contributed by atoms with Gasteiger partial charge in [0, 0.05) is 37.8 Å². The number of rotatable bonds is 8. The summed E-state index contributed by atoms with van der Waals surface area (Å²) in [6, 6.07) is 16.1. The van der Waals surface area contributed by atoms with Crippen LogP contribution in [0, 0.1) is 5.92 Å². The van der Waals surface area contributed by atoms with E-state index in [1.54, 1.807) is 7.11 Å². The number of fused-ring (bicyclic) bond motifs is 2. The second-order valence-electron chi connectivity index (χ2n) is 8.34. The minimum Gasteiger partial charge on any atom is -0.383 e. The summed E-state index contributed by atoms with van der Waals surface area (Å²) >= 11 is 0. The lowest BCUT2D eigenvalue weighted by Crippen LogP contribution is -2.34. The fourth-order valence-electron chi connectivity index (χ4n) is 4.21. The number of ether oxygens (including phenoxy) is 1. The van der Waals surface area contributed by atoms with Gasteiger partial charge in [0.1, 0.15) is 5.82 Å². The molecule has 0 unspecified atom stereocenters. The Hall–Kier alpha value is -3.12. The number of carbonyl (C=O) groups is 1. The molecular weight excluding hydrogens is 388 g/mol. The Morgan fingerprint density at radius 2 is 1.81 bits per heavy atom. The van der Waals surface area contributed by atoms with Crippen LogP contribution in [0.4, 0.5) is 0 Å². The first-order chi connectivity index (χ1) is 15.0. The first-order valence-electron chi connectivity index (χ1n) is 10.8. The van der Waals surface area contributed by atoms with E-state index in [1.165, 1.54) is 0 Å². The molecule has 0 aliphatic heterocycles. The van der Waals surface area contributed by atoms with Crippen LogP contribution in [0.5, 0.6) is 0 Å². The molecule has 1 N–H and O–H groups in total. The highest BCUT2D eigenvalue weighted by molar-refractivity contribution is 5.89. The molecule has 0 radical (unpaired) electrons. The van der Waals surface area contributed by atoms with Gasteiger partial charge in [-0.3, -0.25) is 4.79 Å². The molecule has 0 fully saturated rings. The highest BCUT2D eigenvalue weighted by atomic mass is 16.5. The van der Waals surface area contributed by atoms with Gasteiger partial charge in [0.15, 0.2) is 0 Å². The maximum absolute atomic E-state index is 13.1. The lowest BCUT2D eigenvalue weighted by molar-refractivity contribution is -0.121. The van der Waals surface area contributed by atoms with Crippen molar-refractivity contribution in [3.63, 3.8) is 0 Å². The van der Waals surface area contributed by atoms with Crippen molar-refractivity contribution in [1.82, 2.24) is 19.4 Å². The number of aromatic nitrogens is 3. The van der Waals surface area contributed by atoms with E-state index < -0.39 is 0 Å². The molecule has 0 bridgehead atoms. The van der Waals surface area contributed by atoms with Gasteiger partial charge in [0.25, 0.3) is 0 Å². The molecule has 0 aliphatic rings. The van der Waals surface area contributed by atoms with Crippen molar-refractivity contribution in [2.75, 3.05) is 13.7 Å². The van der Waals surface area contributed by atoms with E-state index in [1.807, 2.05) is 37.4 Å². The summed E-state index contributed by atoms with van der Waals surface area (Å²) in [5.74, 6) is 1.09. The molecule has 6 nitrogen and oxygen atoms in total. The van der Waals surface area contributed by atoms with Gasteiger partial charge in [-0.05, 0) is 29.7 Å². The van der Waals surface area contributed by atoms with E-state index in [-0.39, 0.29) is 17.9 Å². The Kier molecular flexibility index (Phi) is 6.09. The zero-order valence-electron chi connectivity index (χ0n) is 18.6. The molecule has 31 heavy (non-hydrogen) atoms. The zero-order valence-corrected chi connectivity index (χ0v) is 18.6. The first kappa shape index (κ1) is 21.1. The van der Waals surface area contributed by atoms with Crippen LogP contribution in [0.15, 0.2) is 54.7 Å². The highest BCUT2D eigenvalue weighted by Crippen LogP contribution is 2.26. The van der Waals surface area contributed by atoms with Crippen molar-refractivity contribution in [2.24, 2.45) is 13.0 Å². The van der Waals surface area contributed by atoms with E-state index in [9.17, 15) is 4.79 Å². The van der Waals surface area contributed by atoms with E-state index >= 15 is 0 Å². The minimum atomic E-state index is -0.160. The Bertz CT molecular complexity index is 1200. The van der Waals surface area contributed by atoms with Crippen LogP contribution in [0.2, 0.25) is 0 Å². The van der Waals surface area contributed by atoms with Crippen LogP contribution in [0.25, 0.3) is 21.9 Å². The highest BCUT2D eigenvalue weighted by Gasteiger charge is 2.24. The third-order valence-electron chi connectivity index (χ3n) is 5.84. The number of imidazole rings is 1. The van der Waals surface area contributed by atoms with Gasteiger partial charge in [-0.1, -0.05) is 44.2 Å². The molecule has 6 heteroatoms. The van der Waals surface area contributed by atoms with Gasteiger partial charge in [-0.2, -0.15) is 0 Å². The van der Waals surface area contributed by atoms with E-state index in [4.69, 9.17) is 9.72 Å². The maximum atomic E-state index is 13.1. The Labute approximate surface area is 182 Å². The van der Waals surface area contributed by atoms with Gasteiger partial charge in [0.05, 0.1) is 30.1 Å². The lowest BCUT2D eigenvalue weighted by atomic mass is 10.0. The molecule has 1 amide bonds. The van der Waals surface area contributed by atoms with Crippen LogP contribution in [0.3, 0.4) is 0 Å². The standard InChI is InChI=1S/C25H30N4O2/c1-17(2)24(25-26-20-10-6-8-12-22(20)28(25)3)27-23(30)15-18-16-29(13-14-31-4)21-11-7-5-9-19(18)21/h5-12,16-17,24H,13-15H2,1-4H3,(H,27,30)/t24-/m0/s1. The number of benzene rings is 2. The lowest BCUT2D eigenvalue weighted by Gasteiger charge is -2.22. The normalized spacial score (nSPS) is 12.7. The SMILES string of the molecule is COCCn1cc(CC(=O)N[C@H](c2nc3ccccc3n2C)C(C)C)c2ccccc21. The second-order valence-corrected chi connectivity index (χ2v) is 8.34. The minimum absolute atomic E-state index is 0.000371. The summed E-state index contributed by atoms with van der Waals surface area (Å²) in [5.41, 5.74) is 4.16. The fraction of sp³-hybridized carbons (Fsp3) is 0.360. The van der Waals surface area contributed by atoms with E-state index in [0.29, 0.717) is 13.0 Å². The van der Waals surface area contributed by atoms with Crippen molar-refractivity contribution >= 4 is 27.8 Å². The third-order valence-corrected chi connectivity index (χ3v) is 5.84. The second kappa shape index (κ2) is 8.94. The molecule has 4 rings (SSSR count). The summed E-state index contributed by atoms with van der Waals surface area (Å²) in [4.78, 5) is 17.9. The van der Waals surface area contributed by atoms with Gasteiger partial charge in [0.2, 0.25) is 5.91 Å². The van der Waals surface area contributed by atoms with Crippen molar-refractivity contribution in [1.29, 1.82) is 0 Å². The molecule has 0 saturated carbocycles.